The Labute approximate surface area is 120 Å². The van der Waals surface area contributed by atoms with Crippen LogP contribution in [0, 0.1) is 11.2 Å². The lowest BCUT2D eigenvalue weighted by atomic mass is 9.51. The number of benzene rings is 1. The summed E-state index contributed by atoms with van der Waals surface area (Å²) < 4.78 is 19.7. The monoisotopic (exact) mass is 277 g/mol. The van der Waals surface area contributed by atoms with Gasteiger partial charge in [0.05, 0.1) is 6.10 Å². The van der Waals surface area contributed by atoms with Gasteiger partial charge in [-0.1, -0.05) is 24.6 Å². The zero-order chi connectivity index (χ0) is 14.2. The first kappa shape index (κ1) is 14.0. The maximum Gasteiger partial charge on any atom is 0.127 e. The molecule has 3 unspecified atom stereocenters. The summed E-state index contributed by atoms with van der Waals surface area (Å²) in [5.41, 5.74) is 1.09. The van der Waals surface area contributed by atoms with Gasteiger partial charge in [-0.15, -0.1) is 0 Å². The topological polar surface area (TPSA) is 21.3 Å². The second-order valence-corrected chi connectivity index (χ2v) is 6.23. The highest BCUT2D eigenvalue weighted by molar-refractivity contribution is 5.22. The maximum atomic E-state index is 13.8. The lowest BCUT2D eigenvalue weighted by Gasteiger charge is -2.61. The van der Waals surface area contributed by atoms with E-state index in [-0.39, 0.29) is 11.9 Å². The standard InChI is InChI=1S/C17H24FNO/c1-3-20-16-11-15(17(16)9-6-10-17)19-12(2)13-7-4-5-8-14(13)18/h4-5,7-8,12,15-16,19H,3,6,9-11H2,1-2H3. The zero-order valence-corrected chi connectivity index (χ0v) is 12.4. The fourth-order valence-corrected chi connectivity index (χ4v) is 3.89. The van der Waals surface area contributed by atoms with Crippen LogP contribution in [0.25, 0.3) is 0 Å². The van der Waals surface area contributed by atoms with Crippen LogP contribution in [0.1, 0.15) is 51.1 Å². The average Bonchev–Trinajstić information content (AvgIpc) is 2.35. The molecule has 3 heteroatoms. The highest BCUT2D eigenvalue weighted by Gasteiger charge is 2.58. The zero-order valence-electron chi connectivity index (χ0n) is 12.4. The molecule has 2 nitrogen and oxygen atoms in total. The van der Waals surface area contributed by atoms with Crippen molar-refractivity contribution in [2.45, 2.75) is 57.7 Å². The molecule has 0 amide bonds. The summed E-state index contributed by atoms with van der Waals surface area (Å²) in [7, 11) is 0. The van der Waals surface area contributed by atoms with E-state index in [0.29, 0.717) is 17.6 Å². The Hall–Kier alpha value is -0.930. The Bertz CT molecular complexity index is 472. The van der Waals surface area contributed by atoms with Crippen molar-refractivity contribution in [1.82, 2.24) is 5.32 Å². The number of hydrogen-bond acceptors (Lipinski definition) is 2. The van der Waals surface area contributed by atoms with E-state index >= 15 is 0 Å². The van der Waals surface area contributed by atoms with Gasteiger partial charge in [0.15, 0.2) is 0 Å². The van der Waals surface area contributed by atoms with Crippen LogP contribution in [-0.2, 0) is 4.74 Å². The minimum Gasteiger partial charge on any atom is -0.378 e. The third kappa shape index (κ3) is 2.17. The van der Waals surface area contributed by atoms with E-state index in [9.17, 15) is 4.39 Å². The van der Waals surface area contributed by atoms with E-state index in [1.807, 2.05) is 12.1 Å². The van der Waals surface area contributed by atoms with Crippen molar-refractivity contribution < 1.29 is 9.13 Å². The molecule has 2 saturated carbocycles. The number of nitrogens with one attached hydrogen (secondary N) is 1. The first-order chi connectivity index (χ1) is 9.67. The fourth-order valence-electron chi connectivity index (χ4n) is 3.89. The van der Waals surface area contributed by atoms with E-state index < -0.39 is 0 Å². The lowest BCUT2D eigenvalue weighted by Crippen LogP contribution is -2.67. The summed E-state index contributed by atoms with van der Waals surface area (Å²) >= 11 is 0. The summed E-state index contributed by atoms with van der Waals surface area (Å²) in [6, 6.07) is 7.59. The Morgan fingerprint density at radius 1 is 1.40 bits per heavy atom. The molecule has 2 aliphatic rings. The fraction of sp³-hybridized carbons (Fsp3) is 0.647. The van der Waals surface area contributed by atoms with Gasteiger partial charge in [0.2, 0.25) is 0 Å². The van der Waals surface area contributed by atoms with Crippen LogP contribution in [0.15, 0.2) is 24.3 Å². The van der Waals surface area contributed by atoms with Crippen LogP contribution in [-0.4, -0.2) is 18.8 Å². The quantitative estimate of drug-likeness (QED) is 0.883. The molecule has 110 valence electrons. The molecule has 1 N–H and O–H groups in total. The van der Waals surface area contributed by atoms with Crippen molar-refractivity contribution in [2.24, 2.45) is 5.41 Å². The molecule has 2 fully saturated rings. The summed E-state index contributed by atoms with van der Waals surface area (Å²) in [6.45, 7) is 4.91. The largest absolute Gasteiger partial charge is 0.378 e. The minimum absolute atomic E-state index is 0.0567. The third-order valence-electron chi connectivity index (χ3n) is 5.26. The molecule has 1 aromatic carbocycles. The van der Waals surface area contributed by atoms with E-state index in [4.69, 9.17) is 4.74 Å². The number of rotatable bonds is 5. The molecule has 0 radical (unpaired) electrons. The van der Waals surface area contributed by atoms with Crippen molar-refractivity contribution in [2.75, 3.05) is 6.61 Å². The van der Waals surface area contributed by atoms with Gasteiger partial charge >= 0.3 is 0 Å². The van der Waals surface area contributed by atoms with Gasteiger partial charge in [0.25, 0.3) is 0 Å². The Morgan fingerprint density at radius 3 is 2.75 bits per heavy atom. The predicted molar refractivity (Wildman–Crippen MR) is 78.1 cm³/mol. The molecular formula is C17H24FNO. The summed E-state index contributed by atoms with van der Waals surface area (Å²) in [5.74, 6) is -0.115. The minimum atomic E-state index is -0.115. The highest BCUT2D eigenvalue weighted by Crippen LogP contribution is 2.57. The van der Waals surface area contributed by atoms with Gasteiger partial charge in [-0.25, -0.2) is 4.39 Å². The van der Waals surface area contributed by atoms with Crippen LogP contribution in [0.5, 0.6) is 0 Å². The molecule has 20 heavy (non-hydrogen) atoms. The number of hydrogen-bond donors (Lipinski definition) is 1. The first-order valence-corrected chi connectivity index (χ1v) is 7.79. The van der Waals surface area contributed by atoms with Crippen molar-refractivity contribution in [3.05, 3.63) is 35.6 Å². The molecule has 1 spiro atoms. The highest BCUT2D eigenvalue weighted by atomic mass is 19.1. The van der Waals surface area contributed by atoms with Crippen LogP contribution in [0.2, 0.25) is 0 Å². The molecular weight excluding hydrogens is 253 g/mol. The van der Waals surface area contributed by atoms with Gasteiger partial charge in [-0.05, 0) is 39.2 Å². The van der Waals surface area contributed by atoms with Crippen LogP contribution in [0.3, 0.4) is 0 Å². The molecule has 3 rings (SSSR count). The Balaban J connectivity index is 1.66. The summed E-state index contributed by atoms with van der Waals surface area (Å²) in [4.78, 5) is 0. The SMILES string of the molecule is CCOC1CC(NC(C)c2ccccc2F)C12CCC2. The third-order valence-corrected chi connectivity index (χ3v) is 5.26. The Morgan fingerprint density at radius 2 is 2.15 bits per heavy atom. The maximum absolute atomic E-state index is 13.8. The lowest BCUT2D eigenvalue weighted by molar-refractivity contribution is -0.174. The van der Waals surface area contributed by atoms with Crippen molar-refractivity contribution in [3.8, 4) is 0 Å². The molecule has 0 aliphatic heterocycles. The molecule has 0 heterocycles. The smallest absolute Gasteiger partial charge is 0.127 e. The van der Waals surface area contributed by atoms with E-state index in [0.717, 1.165) is 18.6 Å². The first-order valence-electron chi connectivity index (χ1n) is 7.79. The molecule has 2 aliphatic carbocycles. The summed E-state index contributed by atoms with van der Waals surface area (Å²) in [5, 5.41) is 3.63. The number of halogens is 1. The normalized spacial score (nSPS) is 28.8. The van der Waals surface area contributed by atoms with Gasteiger partial charge in [-0.2, -0.15) is 0 Å². The van der Waals surface area contributed by atoms with E-state index in [1.165, 1.54) is 25.3 Å². The van der Waals surface area contributed by atoms with Crippen LogP contribution >= 0.6 is 0 Å². The van der Waals surface area contributed by atoms with E-state index in [1.54, 1.807) is 6.07 Å². The van der Waals surface area contributed by atoms with Gasteiger partial charge in [-0.3, -0.25) is 0 Å². The van der Waals surface area contributed by atoms with Gasteiger partial charge in [0, 0.05) is 29.7 Å². The van der Waals surface area contributed by atoms with Gasteiger partial charge in [0.1, 0.15) is 5.82 Å². The predicted octanol–water partition coefficient (Wildman–Crippen LogP) is 3.82. The van der Waals surface area contributed by atoms with Gasteiger partial charge < -0.3 is 10.1 Å². The van der Waals surface area contributed by atoms with E-state index in [2.05, 4.69) is 19.2 Å². The Kier molecular flexibility index (Phi) is 3.83. The average molecular weight is 277 g/mol. The molecule has 1 aromatic rings. The molecule has 3 atom stereocenters. The second kappa shape index (κ2) is 5.45. The van der Waals surface area contributed by atoms with Crippen LogP contribution < -0.4 is 5.32 Å². The van der Waals surface area contributed by atoms with Crippen molar-refractivity contribution in [3.63, 3.8) is 0 Å². The summed E-state index contributed by atoms with van der Waals surface area (Å²) in [6.07, 6.45) is 5.27. The van der Waals surface area contributed by atoms with Crippen molar-refractivity contribution in [1.29, 1.82) is 0 Å². The van der Waals surface area contributed by atoms with Crippen molar-refractivity contribution >= 4 is 0 Å². The van der Waals surface area contributed by atoms with Crippen LogP contribution in [0.4, 0.5) is 4.39 Å². The number of ether oxygens (including phenoxy) is 1. The second-order valence-electron chi connectivity index (χ2n) is 6.23. The molecule has 0 bridgehead atoms. The molecule has 0 aromatic heterocycles. The molecule has 0 saturated heterocycles.